The lowest BCUT2D eigenvalue weighted by molar-refractivity contribution is 0.644. The third-order valence-electron chi connectivity index (χ3n) is 5.97. The molecule has 1 aromatic carbocycles. The van der Waals surface area contributed by atoms with E-state index in [-0.39, 0.29) is 0 Å². The van der Waals surface area contributed by atoms with Gasteiger partial charge in [-0.05, 0) is 66.9 Å². The molecule has 6 rings (SSSR count). The Morgan fingerprint density at radius 2 is 1.78 bits per heavy atom. The summed E-state index contributed by atoms with van der Waals surface area (Å²) in [6.45, 7) is 3.93. The van der Waals surface area contributed by atoms with E-state index in [0.717, 1.165) is 58.8 Å². The standard InChI is InChI=1S/C26H22N6/c1-16-3-2-4-23(30-16)26-31-24(22-8-10-29-25(22)32-26)21-12-20(14-28-15-21)18-6-5-17-7-9-27-13-19(17)11-18/h2-6,8,10-12,14-15,27H,7,9,13H2,1H3,(H,29,31,32). The fourth-order valence-corrected chi connectivity index (χ4v) is 4.33. The molecule has 1 aliphatic heterocycles. The molecule has 5 heterocycles. The molecule has 4 aromatic heterocycles. The van der Waals surface area contributed by atoms with Gasteiger partial charge in [0.2, 0.25) is 0 Å². The van der Waals surface area contributed by atoms with E-state index in [1.54, 1.807) is 0 Å². The summed E-state index contributed by atoms with van der Waals surface area (Å²) in [7, 11) is 0. The van der Waals surface area contributed by atoms with Gasteiger partial charge in [0.1, 0.15) is 11.3 Å². The quantitative estimate of drug-likeness (QED) is 0.444. The van der Waals surface area contributed by atoms with E-state index in [4.69, 9.17) is 9.97 Å². The van der Waals surface area contributed by atoms with Gasteiger partial charge in [-0.25, -0.2) is 15.0 Å². The number of H-pyrrole nitrogens is 1. The summed E-state index contributed by atoms with van der Waals surface area (Å²) < 4.78 is 0. The molecule has 0 atom stereocenters. The van der Waals surface area contributed by atoms with Gasteiger partial charge in [-0.15, -0.1) is 0 Å². The Labute approximate surface area is 185 Å². The smallest absolute Gasteiger partial charge is 0.180 e. The zero-order valence-corrected chi connectivity index (χ0v) is 17.8. The summed E-state index contributed by atoms with van der Waals surface area (Å²) in [5, 5.41) is 4.43. The Hall–Kier alpha value is -3.90. The van der Waals surface area contributed by atoms with Crippen LogP contribution in [0.15, 0.2) is 67.1 Å². The van der Waals surface area contributed by atoms with Crippen molar-refractivity contribution < 1.29 is 0 Å². The van der Waals surface area contributed by atoms with Crippen LogP contribution in [0.4, 0.5) is 0 Å². The highest BCUT2D eigenvalue weighted by molar-refractivity contribution is 5.92. The van der Waals surface area contributed by atoms with E-state index in [1.165, 1.54) is 16.7 Å². The Bertz CT molecular complexity index is 1450. The van der Waals surface area contributed by atoms with E-state index in [9.17, 15) is 0 Å². The van der Waals surface area contributed by atoms with Gasteiger partial charge in [-0.2, -0.15) is 0 Å². The molecule has 0 amide bonds. The fraction of sp³-hybridized carbons (Fsp3) is 0.154. The van der Waals surface area contributed by atoms with Crippen LogP contribution >= 0.6 is 0 Å². The highest BCUT2D eigenvalue weighted by Crippen LogP contribution is 2.31. The normalized spacial score (nSPS) is 13.3. The van der Waals surface area contributed by atoms with E-state index < -0.39 is 0 Å². The maximum atomic E-state index is 4.92. The average Bonchev–Trinajstić information content (AvgIpc) is 3.32. The van der Waals surface area contributed by atoms with Crippen molar-refractivity contribution in [3.05, 3.63) is 83.9 Å². The summed E-state index contributed by atoms with van der Waals surface area (Å²) in [6.07, 6.45) is 6.76. The molecule has 5 aromatic rings. The minimum atomic E-state index is 0.601. The van der Waals surface area contributed by atoms with Gasteiger partial charge in [0.25, 0.3) is 0 Å². The van der Waals surface area contributed by atoms with Crippen LogP contribution in [0.25, 0.3) is 44.9 Å². The van der Waals surface area contributed by atoms with Crippen LogP contribution in [-0.2, 0) is 13.0 Å². The van der Waals surface area contributed by atoms with Crippen LogP contribution in [-0.4, -0.2) is 31.5 Å². The fourth-order valence-electron chi connectivity index (χ4n) is 4.33. The topological polar surface area (TPSA) is 79.4 Å². The molecule has 0 aliphatic carbocycles. The van der Waals surface area contributed by atoms with Gasteiger partial charge < -0.3 is 10.3 Å². The SMILES string of the molecule is Cc1cccc(-c2nc(-c3cncc(-c4ccc5c(c4)CNCC5)c3)c3cc[nH]c3n2)n1. The Balaban J connectivity index is 1.48. The summed E-state index contributed by atoms with van der Waals surface area (Å²) in [5.41, 5.74) is 9.33. The molecule has 6 nitrogen and oxygen atoms in total. The highest BCUT2D eigenvalue weighted by atomic mass is 15.0. The third kappa shape index (κ3) is 3.35. The van der Waals surface area contributed by atoms with Crippen molar-refractivity contribution in [2.75, 3.05) is 6.54 Å². The second kappa shape index (κ2) is 7.66. The number of pyridine rings is 2. The van der Waals surface area contributed by atoms with Crippen LogP contribution in [0, 0.1) is 6.92 Å². The number of fused-ring (bicyclic) bond motifs is 2. The molecule has 0 fully saturated rings. The molecule has 156 valence electrons. The van der Waals surface area contributed by atoms with E-state index >= 15 is 0 Å². The zero-order chi connectivity index (χ0) is 21.5. The number of hydrogen-bond acceptors (Lipinski definition) is 5. The van der Waals surface area contributed by atoms with Crippen molar-refractivity contribution in [1.82, 2.24) is 30.2 Å². The molecule has 0 radical (unpaired) electrons. The predicted molar refractivity (Wildman–Crippen MR) is 126 cm³/mol. The number of benzene rings is 1. The van der Waals surface area contributed by atoms with Crippen LogP contribution in [0.2, 0.25) is 0 Å². The van der Waals surface area contributed by atoms with Crippen molar-refractivity contribution in [1.29, 1.82) is 0 Å². The minimum Gasteiger partial charge on any atom is -0.346 e. The molecule has 6 heteroatoms. The Morgan fingerprint density at radius 1 is 0.844 bits per heavy atom. The van der Waals surface area contributed by atoms with Crippen LogP contribution < -0.4 is 5.32 Å². The molecule has 2 N–H and O–H groups in total. The Kier molecular flexibility index (Phi) is 4.51. The van der Waals surface area contributed by atoms with Gasteiger partial charge in [-0.1, -0.05) is 18.2 Å². The summed E-state index contributed by atoms with van der Waals surface area (Å²) >= 11 is 0. The second-order valence-corrected chi connectivity index (χ2v) is 8.17. The van der Waals surface area contributed by atoms with E-state index in [0.29, 0.717) is 5.82 Å². The molecule has 32 heavy (non-hydrogen) atoms. The third-order valence-corrected chi connectivity index (χ3v) is 5.97. The lowest BCUT2D eigenvalue weighted by atomic mass is 9.95. The Morgan fingerprint density at radius 3 is 2.72 bits per heavy atom. The maximum Gasteiger partial charge on any atom is 0.180 e. The number of nitrogens with one attached hydrogen (secondary N) is 2. The number of rotatable bonds is 3. The lowest BCUT2D eigenvalue weighted by Gasteiger charge is -2.18. The maximum absolute atomic E-state index is 4.92. The number of aromatic nitrogens is 5. The first-order valence-electron chi connectivity index (χ1n) is 10.8. The van der Waals surface area contributed by atoms with Crippen molar-refractivity contribution in [2.45, 2.75) is 19.9 Å². The van der Waals surface area contributed by atoms with Gasteiger partial charge in [0.05, 0.1) is 5.69 Å². The molecule has 0 saturated heterocycles. The van der Waals surface area contributed by atoms with Crippen LogP contribution in [0.5, 0.6) is 0 Å². The molecule has 0 saturated carbocycles. The van der Waals surface area contributed by atoms with E-state index in [1.807, 2.05) is 49.8 Å². The van der Waals surface area contributed by atoms with Crippen LogP contribution in [0.1, 0.15) is 16.8 Å². The summed E-state index contributed by atoms with van der Waals surface area (Å²) in [6, 6.07) is 16.8. The number of nitrogens with zero attached hydrogens (tertiary/aromatic N) is 4. The average molecular weight is 419 g/mol. The van der Waals surface area contributed by atoms with Gasteiger partial charge in [0.15, 0.2) is 5.82 Å². The molecular formula is C26H22N6. The zero-order valence-electron chi connectivity index (χ0n) is 17.8. The lowest BCUT2D eigenvalue weighted by Crippen LogP contribution is -2.23. The van der Waals surface area contributed by atoms with Crippen LogP contribution in [0.3, 0.4) is 0 Å². The van der Waals surface area contributed by atoms with Crippen molar-refractivity contribution >= 4 is 11.0 Å². The first kappa shape index (κ1) is 18.8. The van der Waals surface area contributed by atoms with Crippen molar-refractivity contribution in [3.63, 3.8) is 0 Å². The minimum absolute atomic E-state index is 0.601. The van der Waals surface area contributed by atoms with Gasteiger partial charge in [0, 0.05) is 47.3 Å². The van der Waals surface area contributed by atoms with Crippen molar-refractivity contribution in [3.8, 4) is 33.9 Å². The van der Waals surface area contributed by atoms with Gasteiger partial charge >= 0.3 is 0 Å². The summed E-state index contributed by atoms with van der Waals surface area (Å²) in [5.74, 6) is 0.601. The molecule has 0 spiro atoms. The van der Waals surface area contributed by atoms with Gasteiger partial charge in [-0.3, -0.25) is 4.98 Å². The summed E-state index contributed by atoms with van der Waals surface area (Å²) in [4.78, 5) is 22.0. The first-order chi connectivity index (χ1) is 15.7. The first-order valence-corrected chi connectivity index (χ1v) is 10.8. The monoisotopic (exact) mass is 418 g/mol. The number of aromatic amines is 1. The van der Waals surface area contributed by atoms with E-state index in [2.05, 4.69) is 44.5 Å². The molecule has 0 unspecified atom stereocenters. The predicted octanol–water partition coefficient (Wildman–Crippen LogP) is 4.70. The second-order valence-electron chi connectivity index (χ2n) is 8.17. The molecule has 1 aliphatic rings. The highest BCUT2D eigenvalue weighted by Gasteiger charge is 2.15. The molecule has 0 bridgehead atoms. The number of hydrogen-bond donors (Lipinski definition) is 2. The van der Waals surface area contributed by atoms with Crippen molar-refractivity contribution in [2.24, 2.45) is 0 Å². The number of aryl methyl sites for hydroxylation is 1. The largest absolute Gasteiger partial charge is 0.346 e. The molecular weight excluding hydrogens is 396 g/mol.